The highest BCUT2D eigenvalue weighted by Crippen LogP contribution is 2.29. The minimum absolute atomic E-state index is 0.651. The number of rotatable bonds is 6. The maximum Gasteiger partial charge on any atom is 0.328 e. The number of benzene rings is 3. The summed E-state index contributed by atoms with van der Waals surface area (Å²) >= 11 is 0. The van der Waals surface area contributed by atoms with Gasteiger partial charge in [0.2, 0.25) is 0 Å². The van der Waals surface area contributed by atoms with Gasteiger partial charge in [0.25, 0.3) is 0 Å². The van der Waals surface area contributed by atoms with Crippen LogP contribution in [-0.4, -0.2) is 16.1 Å². The molecule has 0 spiro atoms. The van der Waals surface area contributed by atoms with Crippen molar-refractivity contribution >= 4 is 34.5 Å². The van der Waals surface area contributed by atoms with Gasteiger partial charge in [-0.3, -0.25) is 0 Å². The van der Waals surface area contributed by atoms with Crippen LogP contribution in [0.1, 0.15) is 11.1 Å². The van der Waals surface area contributed by atoms with E-state index in [2.05, 4.69) is 23.1 Å². The number of carboxylic acid groups (broad SMARTS) is 1. The zero-order valence-electron chi connectivity index (χ0n) is 15.8. The van der Waals surface area contributed by atoms with E-state index in [-0.39, 0.29) is 0 Å². The normalized spacial score (nSPS) is 11.0. The molecule has 29 heavy (non-hydrogen) atoms. The van der Waals surface area contributed by atoms with Crippen molar-refractivity contribution < 1.29 is 9.90 Å². The van der Waals surface area contributed by atoms with E-state index in [1.54, 1.807) is 6.08 Å². The van der Waals surface area contributed by atoms with Crippen molar-refractivity contribution in [2.75, 3.05) is 4.90 Å². The van der Waals surface area contributed by atoms with E-state index < -0.39 is 5.97 Å². The highest BCUT2D eigenvalue weighted by atomic mass is 16.4. The number of aromatic nitrogens is 1. The molecule has 0 aliphatic carbocycles. The third kappa shape index (κ3) is 4.50. The zero-order valence-corrected chi connectivity index (χ0v) is 15.8. The first-order valence-corrected chi connectivity index (χ1v) is 9.37. The smallest absolute Gasteiger partial charge is 0.328 e. The summed E-state index contributed by atoms with van der Waals surface area (Å²) in [6, 6.07) is 30.1. The minimum atomic E-state index is -0.965. The van der Waals surface area contributed by atoms with Crippen LogP contribution >= 0.6 is 0 Å². The molecule has 0 radical (unpaired) electrons. The first-order valence-electron chi connectivity index (χ1n) is 9.37. The number of para-hydroxylation sites is 1. The lowest BCUT2D eigenvalue weighted by molar-refractivity contribution is -0.131. The van der Waals surface area contributed by atoms with Crippen molar-refractivity contribution in [2.45, 2.75) is 6.54 Å². The van der Waals surface area contributed by atoms with Crippen molar-refractivity contribution in [3.8, 4) is 0 Å². The SMILES string of the molecule is O=C(O)/C=C/c1cccc(N(Cc2ccccc2)c2ccc3ccccc3n2)c1. The van der Waals surface area contributed by atoms with Gasteiger partial charge in [-0.25, -0.2) is 9.78 Å². The van der Waals surface area contributed by atoms with E-state index in [0.717, 1.165) is 39.6 Å². The number of anilines is 2. The van der Waals surface area contributed by atoms with Crippen LogP contribution < -0.4 is 4.90 Å². The van der Waals surface area contributed by atoms with Crippen LogP contribution in [0.4, 0.5) is 11.5 Å². The van der Waals surface area contributed by atoms with Gasteiger partial charge in [-0.1, -0.05) is 60.7 Å². The number of aliphatic carboxylic acids is 1. The molecule has 0 unspecified atom stereocenters. The molecule has 0 saturated heterocycles. The molecule has 0 saturated carbocycles. The van der Waals surface area contributed by atoms with Crippen LogP contribution in [0, 0.1) is 0 Å². The molecule has 0 atom stereocenters. The van der Waals surface area contributed by atoms with E-state index >= 15 is 0 Å². The van der Waals surface area contributed by atoms with Crippen LogP contribution in [0.15, 0.2) is 97.1 Å². The van der Waals surface area contributed by atoms with E-state index in [0.29, 0.717) is 6.54 Å². The Balaban J connectivity index is 1.77. The Kier molecular flexibility index (Phi) is 5.34. The molecular weight excluding hydrogens is 360 g/mol. The molecule has 0 aliphatic heterocycles. The van der Waals surface area contributed by atoms with Crippen LogP contribution in [0.5, 0.6) is 0 Å². The largest absolute Gasteiger partial charge is 0.478 e. The van der Waals surface area contributed by atoms with Crippen molar-refractivity contribution in [1.82, 2.24) is 4.98 Å². The first kappa shape index (κ1) is 18.4. The van der Waals surface area contributed by atoms with E-state index in [1.807, 2.05) is 72.8 Å². The van der Waals surface area contributed by atoms with Gasteiger partial charge in [0.05, 0.1) is 5.52 Å². The van der Waals surface area contributed by atoms with Gasteiger partial charge in [0.1, 0.15) is 5.82 Å². The lowest BCUT2D eigenvalue weighted by atomic mass is 10.1. The maximum absolute atomic E-state index is 10.9. The fourth-order valence-electron chi connectivity index (χ4n) is 3.24. The monoisotopic (exact) mass is 380 g/mol. The summed E-state index contributed by atoms with van der Waals surface area (Å²) < 4.78 is 0. The molecular formula is C25H20N2O2. The number of hydrogen-bond acceptors (Lipinski definition) is 3. The van der Waals surface area contributed by atoms with Crippen molar-refractivity contribution in [1.29, 1.82) is 0 Å². The zero-order chi connectivity index (χ0) is 20.1. The molecule has 1 heterocycles. The number of nitrogens with zero attached hydrogens (tertiary/aromatic N) is 2. The topological polar surface area (TPSA) is 53.4 Å². The van der Waals surface area contributed by atoms with Gasteiger partial charge in [0.15, 0.2) is 0 Å². The standard InChI is InChI=1S/C25H20N2O2/c28-25(29)16-13-19-9-6-11-22(17-19)27(18-20-7-2-1-3-8-20)24-15-14-21-10-4-5-12-23(21)26-24/h1-17H,18H2,(H,28,29)/b16-13+. The second kappa shape index (κ2) is 8.40. The van der Waals surface area contributed by atoms with Gasteiger partial charge in [-0.05, 0) is 47.5 Å². The summed E-state index contributed by atoms with van der Waals surface area (Å²) in [5, 5.41) is 10.0. The third-order valence-electron chi connectivity index (χ3n) is 4.64. The number of hydrogen-bond donors (Lipinski definition) is 1. The number of carbonyl (C=O) groups is 1. The Bertz CT molecular complexity index is 1170. The van der Waals surface area contributed by atoms with Crippen LogP contribution in [0.25, 0.3) is 17.0 Å². The highest BCUT2D eigenvalue weighted by molar-refractivity contribution is 5.86. The average Bonchev–Trinajstić information content (AvgIpc) is 2.76. The molecule has 0 aliphatic rings. The van der Waals surface area contributed by atoms with Gasteiger partial charge >= 0.3 is 5.97 Å². The van der Waals surface area contributed by atoms with Crippen LogP contribution in [0.3, 0.4) is 0 Å². The lowest BCUT2D eigenvalue weighted by Crippen LogP contribution is -2.17. The quantitative estimate of drug-likeness (QED) is 0.438. The van der Waals surface area contributed by atoms with Gasteiger partial charge < -0.3 is 10.0 Å². The lowest BCUT2D eigenvalue weighted by Gasteiger charge is -2.25. The molecule has 1 N–H and O–H groups in total. The van der Waals surface area contributed by atoms with Crippen molar-refractivity contribution in [3.63, 3.8) is 0 Å². The average molecular weight is 380 g/mol. The molecule has 0 amide bonds. The summed E-state index contributed by atoms with van der Waals surface area (Å²) in [5.41, 5.74) is 3.87. The van der Waals surface area contributed by atoms with Gasteiger partial charge in [-0.15, -0.1) is 0 Å². The molecule has 4 aromatic rings. The predicted molar refractivity (Wildman–Crippen MR) is 117 cm³/mol. The Morgan fingerprint density at radius 3 is 2.52 bits per heavy atom. The highest BCUT2D eigenvalue weighted by Gasteiger charge is 2.13. The predicted octanol–water partition coefficient (Wildman–Crippen LogP) is 5.67. The Labute approximate surface area is 169 Å². The second-order valence-electron chi connectivity index (χ2n) is 6.70. The van der Waals surface area contributed by atoms with E-state index in [1.165, 1.54) is 0 Å². The summed E-state index contributed by atoms with van der Waals surface area (Å²) in [6.07, 6.45) is 2.75. The van der Waals surface area contributed by atoms with Crippen LogP contribution in [0.2, 0.25) is 0 Å². The Morgan fingerprint density at radius 2 is 1.69 bits per heavy atom. The Hall–Kier alpha value is -3.92. The van der Waals surface area contributed by atoms with E-state index in [9.17, 15) is 4.79 Å². The van der Waals surface area contributed by atoms with E-state index in [4.69, 9.17) is 10.1 Å². The fourth-order valence-corrected chi connectivity index (χ4v) is 3.24. The van der Waals surface area contributed by atoms with Gasteiger partial charge in [-0.2, -0.15) is 0 Å². The first-order chi connectivity index (χ1) is 14.2. The summed E-state index contributed by atoms with van der Waals surface area (Å²) in [4.78, 5) is 17.9. The van der Waals surface area contributed by atoms with Gasteiger partial charge in [0, 0.05) is 23.7 Å². The molecule has 0 bridgehead atoms. The maximum atomic E-state index is 10.9. The van der Waals surface area contributed by atoms with Crippen LogP contribution in [-0.2, 0) is 11.3 Å². The minimum Gasteiger partial charge on any atom is -0.478 e. The second-order valence-corrected chi connectivity index (χ2v) is 6.70. The molecule has 0 fully saturated rings. The molecule has 4 nitrogen and oxygen atoms in total. The number of fused-ring (bicyclic) bond motifs is 1. The summed E-state index contributed by atoms with van der Waals surface area (Å²) in [5.74, 6) is -0.125. The van der Waals surface area contributed by atoms with Crippen molar-refractivity contribution in [3.05, 3.63) is 108 Å². The number of carboxylic acids is 1. The third-order valence-corrected chi connectivity index (χ3v) is 4.64. The molecule has 1 aromatic heterocycles. The Morgan fingerprint density at radius 1 is 0.897 bits per heavy atom. The molecule has 4 rings (SSSR count). The molecule has 3 aromatic carbocycles. The van der Waals surface area contributed by atoms with Crippen molar-refractivity contribution in [2.24, 2.45) is 0 Å². The molecule has 4 heteroatoms. The summed E-state index contributed by atoms with van der Waals surface area (Å²) in [7, 11) is 0. The fraction of sp³-hybridized carbons (Fsp3) is 0.0400. The number of pyridine rings is 1. The summed E-state index contributed by atoms with van der Waals surface area (Å²) in [6.45, 7) is 0.651. The molecule has 142 valence electrons.